The topological polar surface area (TPSA) is 49.6 Å². The molecule has 5 heteroatoms. The molecule has 2 N–H and O–H groups in total. The molecule has 98 valence electrons. The Morgan fingerprint density at radius 3 is 3.11 bits per heavy atom. The minimum atomic E-state index is 0.322. The average Bonchev–Trinajstić information content (AvgIpc) is 3.01. The highest BCUT2D eigenvalue weighted by Crippen LogP contribution is 2.30. The fourth-order valence-electron chi connectivity index (χ4n) is 3.10. The van der Waals surface area contributed by atoms with Crippen LogP contribution in [0.1, 0.15) is 23.8 Å². The predicted molar refractivity (Wildman–Crippen MR) is 72.4 cm³/mol. The number of rotatable bonds is 3. The monoisotopic (exact) mass is 265 g/mol. The van der Waals surface area contributed by atoms with Crippen molar-refractivity contribution in [3.63, 3.8) is 0 Å². The van der Waals surface area contributed by atoms with Crippen LogP contribution in [0.15, 0.2) is 17.5 Å². The first kappa shape index (κ1) is 12.1. The molecule has 1 aromatic heterocycles. The highest BCUT2D eigenvalue weighted by atomic mass is 32.1. The molecular weight excluding hydrogens is 246 g/mol. The van der Waals surface area contributed by atoms with E-state index in [0.717, 1.165) is 32.5 Å². The average molecular weight is 265 g/mol. The highest BCUT2D eigenvalue weighted by molar-refractivity contribution is 7.10. The zero-order valence-corrected chi connectivity index (χ0v) is 11.2. The van der Waals surface area contributed by atoms with Crippen LogP contribution in [0.3, 0.4) is 0 Å². The molecule has 2 saturated heterocycles. The standard InChI is InChI=1S/C13H19N3OS/c14-8-11(12-2-1-7-18-12)15-5-6-16-10(9-15)3-4-13(16)17/h1-2,7,10-11H,3-6,8-9,14H2. The molecule has 0 aromatic carbocycles. The van der Waals surface area contributed by atoms with Crippen LogP contribution >= 0.6 is 11.3 Å². The number of carbonyl (C=O) groups is 1. The van der Waals surface area contributed by atoms with E-state index in [-0.39, 0.29) is 0 Å². The molecule has 4 nitrogen and oxygen atoms in total. The van der Waals surface area contributed by atoms with Crippen LogP contribution < -0.4 is 5.73 Å². The van der Waals surface area contributed by atoms with Gasteiger partial charge in [-0.1, -0.05) is 6.07 Å². The Hall–Kier alpha value is -0.910. The molecule has 3 heterocycles. The molecule has 0 radical (unpaired) electrons. The van der Waals surface area contributed by atoms with Gasteiger partial charge in [0.25, 0.3) is 0 Å². The van der Waals surface area contributed by atoms with Crippen LogP contribution in [0.2, 0.25) is 0 Å². The first-order chi connectivity index (χ1) is 8.79. The van der Waals surface area contributed by atoms with Gasteiger partial charge in [-0.3, -0.25) is 9.69 Å². The van der Waals surface area contributed by atoms with E-state index in [2.05, 4.69) is 27.3 Å². The third-order valence-electron chi connectivity index (χ3n) is 4.06. The zero-order chi connectivity index (χ0) is 12.5. The molecule has 2 fully saturated rings. The second-order valence-corrected chi connectivity index (χ2v) is 6.02. The van der Waals surface area contributed by atoms with Crippen LogP contribution in [0, 0.1) is 0 Å². The Morgan fingerprint density at radius 1 is 1.50 bits per heavy atom. The molecule has 0 saturated carbocycles. The number of hydrogen-bond acceptors (Lipinski definition) is 4. The van der Waals surface area contributed by atoms with Crippen LogP contribution in [-0.2, 0) is 4.79 Å². The molecular formula is C13H19N3OS. The van der Waals surface area contributed by atoms with Crippen molar-refractivity contribution < 1.29 is 4.79 Å². The molecule has 2 aliphatic heterocycles. The van der Waals surface area contributed by atoms with Crippen molar-refractivity contribution in [2.75, 3.05) is 26.2 Å². The Morgan fingerprint density at radius 2 is 2.39 bits per heavy atom. The number of thiophene rings is 1. The number of carbonyl (C=O) groups excluding carboxylic acids is 1. The van der Waals surface area contributed by atoms with E-state index in [0.29, 0.717) is 24.5 Å². The van der Waals surface area contributed by atoms with E-state index in [1.54, 1.807) is 11.3 Å². The van der Waals surface area contributed by atoms with E-state index in [9.17, 15) is 4.79 Å². The molecule has 0 bridgehead atoms. The van der Waals surface area contributed by atoms with Crippen molar-refractivity contribution in [2.24, 2.45) is 5.73 Å². The van der Waals surface area contributed by atoms with Crippen molar-refractivity contribution in [3.05, 3.63) is 22.4 Å². The van der Waals surface area contributed by atoms with E-state index in [1.165, 1.54) is 4.88 Å². The molecule has 2 atom stereocenters. The third-order valence-corrected chi connectivity index (χ3v) is 5.04. The third kappa shape index (κ3) is 2.06. The molecule has 0 spiro atoms. The first-order valence-corrected chi connectivity index (χ1v) is 7.44. The van der Waals surface area contributed by atoms with Gasteiger partial charge in [-0.2, -0.15) is 0 Å². The number of fused-ring (bicyclic) bond motifs is 1. The maximum atomic E-state index is 11.7. The molecule has 1 aromatic rings. The molecule has 1 amide bonds. The van der Waals surface area contributed by atoms with Crippen LogP contribution in [0.25, 0.3) is 0 Å². The van der Waals surface area contributed by atoms with Crippen molar-refractivity contribution >= 4 is 17.2 Å². The second kappa shape index (κ2) is 4.99. The summed E-state index contributed by atoms with van der Waals surface area (Å²) < 4.78 is 0. The minimum Gasteiger partial charge on any atom is -0.337 e. The lowest BCUT2D eigenvalue weighted by Gasteiger charge is -2.41. The van der Waals surface area contributed by atoms with E-state index in [1.807, 2.05) is 0 Å². The van der Waals surface area contributed by atoms with Crippen LogP contribution in [-0.4, -0.2) is 47.9 Å². The SMILES string of the molecule is NCC(c1cccs1)N1CCN2C(=O)CCC2C1. The summed E-state index contributed by atoms with van der Waals surface area (Å²) in [7, 11) is 0. The molecule has 3 rings (SSSR count). The second-order valence-electron chi connectivity index (χ2n) is 5.04. The quantitative estimate of drug-likeness (QED) is 0.889. The Labute approximate surface area is 111 Å². The van der Waals surface area contributed by atoms with Gasteiger partial charge in [0.2, 0.25) is 5.91 Å². The number of nitrogens with zero attached hydrogens (tertiary/aromatic N) is 2. The van der Waals surface area contributed by atoms with Crippen molar-refractivity contribution in [2.45, 2.75) is 24.9 Å². The summed E-state index contributed by atoms with van der Waals surface area (Å²) >= 11 is 1.77. The lowest BCUT2D eigenvalue weighted by molar-refractivity contribution is -0.131. The van der Waals surface area contributed by atoms with Crippen molar-refractivity contribution in [3.8, 4) is 0 Å². The lowest BCUT2D eigenvalue weighted by Crippen LogP contribution is -2.53. The maximum Gasteiger partial charge on any atom is 0.222 e. The summed E-state index contributed by atoms with van der Waals surface area (Å²) in [5.41, 5.74) is 5.94. The van der Waals surface area contributed by atoms with Gasteiger partial charge in [0.05, 0.1) is 6.04 Å². The van der Waals surface area contributed by atoms with E-state index in [4.69, 9.17) is 5.73 Å². The van der Waals surface area contributed by atoms with E-state index >= 15 is 0 Å². The number of piperazine rings is 1. The van der Waals surface area contributed by atoms with Gasteiger partial charge in [0, 0.05) is 43.5 Å². The summed E-state index contributed by atoms with van der Waals surface area (Å²) in [6.45, 7) is 3.44. The highest BCUT2D eigenvalue weighted by Gasteiger charge is 2.37. The van der Waals surface area contributed by atoms with Crippen LogP contribution in [0.5, 0.6) is 0 Å². The number of hydrogen-bond donors (Lipinski definition) is 1. The van der Waals surface area contributed by atoms with Gasteiger partial charge in [0.1, 0.15) is 0 Å². The zero-order valence-electron chi connectivity index (χ0n) is 10.4. The van der Waals surface area contributed by atoms with Crippen molar-refractivity contribution in [1.82, 2.24) is 9.80 Å². The van der Waals surface area contributed by atoms with E-state index < -0.39 is 0 Å². The number of nitrogens with two attached hydrogens (primary N) is 1. The molecule has 18 heavy (non-hydrogen) atoms. The van der Waals surface area contributed by atoms with Gasteiger partial charge in [-0.05, 0) is 17.9 Å². The van der Waals surface area contributed by atoms with Gasteiger partial charge >= 0.3 is 0 Å². The van der Waals surface area contributed by atoms with Crippen LogP contribution in [0.4, 0.5) is 0 Å². The first-order valence-electron chi connectivity index (χ1n) is 6.56. The lowest BCUT2D eigenvalue weighted by atomic mass is 10.1. The molecule has 2 aliphatic rings. The summed E-state index contributed by atoms with van der Waals surface area (Å²) in [5, 5.41) is 2.10. The summed E-state index contributed by atoms with van der Waals surface area (Å²) in [5.74, 6) is 0.333. The Kier molecular flexibility index (Phi) is 3.37. The Balaban J connectivity index is 1.72. The van der Waals surface area contributed by atoms with Gasteiger partial charge in [-0.25, -0.2) is 0 Å². The molecule has 2 unspecified atom stereocenters. The fourth-order valence-corrected chi connectivity index (χ4v) is 3.97. The largest absolute Gasteiger partial charge is 0.337 e. The smallest absolute Gasteiger partial charge is 0.222 e. The van der Waals surface area contributed by atoms with Gasteiger partial charge < -0.3 is 10.6 Å². The van der Waals surface area contributed by atoms with Crippen molar-refractivity contribution in [1.29, 1.82) is 0 Å². The summed E-state index contributed by atoms with van der Waals surface area (Å²) in [6, 6.07) is 4.98. The van der Waals surface area contributed by atoms with Gasteiger partial charge in [0.15, 0.2) is 0 Å². The normalized spacial score (nSPS) is 26.4. The maximum absolute atomic E-state index is 11.7. The van der Waals surface area contributed by atoms with Gasteiger partial charge in [-0.15, -0.1) is 11.3 Å². The summed E-state index contributed by atoms with van der Waals surface area (Å²) in [4.78, 5) is 17.5. The number of amides is 1. The summed E-state index contributed by atoms with van der Waals surface area (Å²) in [6.07, 6.45) is 1.74. The fraction of sp³-hybridized carbons (Fsp3) is 0.615. The predicted octanol–water partition coefficient (Wildman–Crippen LogP) is 1.05. The molecule has 0 aliphatic carbocycles. The minimum absolute atomic E-state index is 0.322. The Bertz CT molecular complexity index is 420.